The number of H-pyrrole nitrogens is 1. The summed E-state index contributed by atoms with van der Waals surface area (Å²) in [7, 11) is 0. The van der Waals surface area contributed by atoms with E-state index in [1.54, 1.807) is 0 Å². The largest absolute Gasteiger partial charge is 0.492 e. The average molecular weight is 490 g/mol. The van der Waals surface area contributed by atoms with Crippen LogP contribution < -0.4 is 10.5 Å². The first-order chi connectivity index (χ1) is 17.5. The van der Waals surface area contributed by atoms with E-state index in [1.807, 2.05) is 30.5 Å². The predicted octanol–water partition coefficient (Wildman–Crippen LogP) is 2.68. The van der Waals surface area contributed by atoms with E-state index in [2.05, 4.69) is 14.9 Å². The zero-order valence-corrected chi connectivity index (χ0v) is 20.3. The van der Waals surface area contributed by atoms with Gasteiger partial charge in [0.25, 0.3) is 0 Å². The maximum atomic E-state index is 12.1. The third kappa shape index (κ3) is 4.61. The van der Waals surface area contributed by atoms with Crippen molar-refractivity contribution < 1.29 is 19.4 Å². The molecule has 0 bridgehead atoms. The molecule has 3 heterocycles. The Bertz CT molecular complexity index is 1280. The van der Waals surface area contributed by atoms with E-state index in [0.717, 1.165) is 79.5 Å². The van der Waals surface area contributed by atoms with Crippen molar-refractivity contribution in [1.82, 2.24) is 19.9 Å². The molecule has 1 saturated heterocycles. The normalized spacial score (nSPS) is 18.4. The van der Waals surface area contributed by atoms with Crippen molar-refractivity contribution in [1.29, 1.82) is 0 Å². The molecule has 36 heavy (non-hydrogen) atoms. The van der Waals surface area contributed by atoms with Crippen LogP contribution in [-0.4, -0.2) is 75.9 Å². The lowest BCUT2D eigenvalue weighted by Gasteiger charge is -2.26. The van der Waals surface area contributed by atoms with E-state index < -0.39 is 5.97 Å². The minimum atomic E-state index is -0.909. The SMILES string of the molecule is NC1(Cc2[nH]c3c(c2C(=O)O)CCc2cnc(-c4ccc(OCCN5CCOCC5)cc4)nc2-3)CC1. The minimum absolute atomic E-state index is 0.288. The number of hydrogen-bond acceptors (Lipinski definition) is 7. The summed E-state index contributed by atoms with van der Waals surface area (Å²) in [5, 5.41) is 9.96. The van der Waals surface area contributed by atoms with Gasteiger partial charge < -0.3 is 25.3 Å². The lowest BCUT2D eigenvalue weighted by atomic mass is 9.91. The molecule has 6 rings (SSSR count). The van der Waals surface area contributed by atoms with Gasteiger partial charge in [0.1, 0.15) is 12.4 Å². The Labute approximate surface area is 209 Å². The Kier molecular flexibility index (Phi) is 5.99. The van der Waals surface area contributed by atoms with E-state index in [-0.39, 0.29) is 5.54 Å². The second kappa shape index (κ2) is 9.31. The topological polar surface area (TPSA) is 127 Å². The number of carboxylic acid groups (broad SMARTS) is 1. The molecule has 188 valence electrons. The molecule has 3 aliphatic rings. The summed E-state index contributed by atoms with van der Waals surface area (Å²) in [6.45, 7) is 4.97. The van der Waals surface area contributed by atoms with Crippen LogP contribution in [0.5, 0.6) is 5.75 Å². The molecule has 1 saturated carbocycles. The highest BCUT2D eigenvalue weighted by Crippen LogP contribution is 2.40. The number of rotatable bonds is 8. The lowest BCUT2D eigenvalue weighted by molar-refractivity contribution is 0.0322. The van der Waals surface area contributed by atoms with Crippen LogP contribution in [0, 0.1) is 0 Å². The lowest BCUT2D eigenvalue weighted by Crippen LogP contribution is -2.38. The number of nitrogens with one attached hydrogen (secondary N) is 1. The number of morpholine rings is 1. The highest BCUT2D eigenvalue weighted by Gasteiger charge is 2.41. The number of ether oxygens (including phenoxy) is 2. The maximum Gasteiger partial charge on any atom is 0.337 e. The Hall–Kier alpha value is -3.27. The van der Waals surface area contributed by atoms with Crippen molar-refractivity contribution in [3.8, 4) is 28.5 Å². The number of aromatic amines is 1. The molecule has 1 aliphatic heterocycles. The van der Waals surface area contributed by atoms with Gasteiger partial charge in [-0.15, -0.1) is 0 Å². The van der Waals surface area contributed by atoms with Gasteiger partial charge in [-0.05, 0) is 61.1 Å². The number of nitrogens with zero attached hydrogens (tertiary/aromatic N) is 3. The first-order valence-electron chi connectivity index (χ1n) is 12.6. The smallest absolute Gasteiger partial charge is 0.337 e. The molecule has 0 atom stereocenters. The summed E-state index contributed by atoms with van der Waals surface area (Å²) in [6.07, 6.45) is 5.61. The first kappa shape index (κ1) is 23.1. The van der Waals surface area contributed by atoms with E-state index in [4.69, 9.17) is 20.2 Å². The van der Waals surface area contributed by atoms with Gasteiger partial charge in [-0.1, -0.05) is 0 Å². The Morgan fingerprint density at radius 2 is 1.97 bits per heavy atom. The Morgan fingerprint density at radius 3 is 2.69 bits per heavy atom. The van der Waals surface area contributed by atoms with Crippen molar-refractivity contribution in [2.24, 2.45) is 5.73 Å². The summed E-state index contributed by atoms with van der Waals surface area (Å²) in [5.41, 5.74) is 11.4. The van der Waals surface area contributed by atoms with Gasteiger partial charge in [-0.2, -0.15) is 0 Å². The molecule has 9 heteroatoms. The fraction of sp³-hybridized carbons (Fsp3) is 0.444. The van der Waals surface area contributed by atoms with Crippen molar-refractivity contribution in [2.45, 2.75) is 37.6 Å². The first-order valence-corrected chi connectivity index (χ1v) is 12.6. The zero-order chi connectivity index (χ0) is 24.7. The quantitative estimate of drug-likeness (QED) is 0.441. The molecule has 0 amide bonds. The molecular formula is C27H31N5O4. The summed E-state index contributed by atoms with van der Waals surface area (Å²) in [6, 6.07) is 7.80. The Morgan fingerprint density at radius 1 is 1.19 bits per heavy atom. The van der Waals surface area contributed by atoms with Gasteiger partial charge in [-0.25, -0.2) is 14.8 Å². The maximum absolute atomic E-state index is 12.1. The fourth-order valence-electron chi connectivity index (χ4n) is 5.15. The third-order valence-corrected chi connectivity index (χ3v) is 7.45. The molecule has 2 fully saturated rings. The number of fused-ring (bicyclic) bond motifs is 3. The standard InChI is InChI=1S/C27H31N5O4/c28-27(7-8-27)15-21-22(26(33)34)20-6-3-18-16-29-25(31-23(18)24(20)30-21)17-1-4-19(5-2-17)36-14-11-32-9-12-35-13-10-32/h1-2,4-5,16,30H,3,6-15,28H2,(H,33,34). The third-order valence-electron chi connectivity index (χ3n) is 7.45. The summed E-state index contributed by atoms with van der Waals surface area (Å²) in [4.78, 5) is 27.4. The molecule has 3 aromatic rings. The van der Waals surface area contributed by atoms with Crippen LogP contribution in [0.15, 0.2) is 30.5 Å². The van der Waals surface area contributed by atoms with Gasteiger partial charge in [0.05, 0.1) is 30.2 Å². The number of aromatic nitrogens is 3. The van der Waals surface area contributed by atoms with Gasteiger partial charge in [0.15, 0.2) is 5.82 Å². The van der Waals surface area contributed by atoms with Crippen molar-refractivity contribution in [2.75, 3.05) is 39.5 Å². The summed E-state index contributed by atoms with van der Waals surface area (Å²) < 4.78 is 11.3. The van der Waals surface area contributed by atoms with Crippen molar-refractivity contribution in [3.63, 3.8) is 0 Å². The number of carboxylic acids is 1. The number of hydrogen-bond donors (Lipinski definition) is 3. The molecule has 1 aromatic carbocycles. The number of nitrogens with two attached hydrogens (primary N) is 1. The van der Waals surface area contributed by atoms with E-state index in [9.17, 15) is 9.90 Å². The minimum Gasteiger partial charge on any atom is -0.492 e. The van der Waals surface area contributed by atoms with Crippen molar-refractivity contribution >= 4 is 5.97 Å². The van der Waals surface area contributed by atoms with Crippen molar-refractivity contribution in [3.05, 3.63) is 52.8 Å². The zero-order valence-electron chi connectivity index (χ0n) is 20.3. The molecule has 0 unspecified atom stereocenters. The predicted molar refractivity (Wildman–Crippen MR) is 134 cm³/mol. The Balaban J connectivity index is 1.22. The highest BCUT2D eigenvalue weighted by molar-refractivity contribution is 5.94. The second-order valence-corrected chi connectivity index (χ2v) is 10.1. The number of aromatic carboxylic acids is 1. The number of carbonyl (C=O) groups is 1. The van der Waals surface area contributed by atoms with E-state index >= 15 is 0 Å². The monoisotopic (exact) mass is 489 g/mol. The van der Waals surface area contributed by atoms with Crippen LogP contribution in [-0.2, 0) is 24.0 Å². The van der Waals surface area contributed by atoms with Crippen LogP contribution in [0.25, 0.3) is 22.8 Å². The van der Waals surface area contributed by atoms with Crippen LogP contribution in [0.1, 0.15) is 40.0 Å². The molecule has 0 radical (unpaired) electrons. The highest BCUT2D eigenvalue weighted by atomic mass is 16.5. The van der Waals surface area contributed by atoms with Crippen LogP contribution in [0.2, 0.25) is 0 Å². The number of aryl methyl sites for hydroxylation is 1. The average Bonchev–Trinajstić information content (AvgIpc) is 3.49. The van der Waals surface area contributed by atoms with E-state index in [1.165, 1.54) is 0 Å². The van der Waals surface area contributed by atoms with Gasteiger partial charge in [-0.3, -0.25) is 4.90 Å². The second-order valence-electron chi connectivity index (χ2n) is 10.1. The molecule has 0 spiro atoms. The van der Waals surface area contributed by atoms with Crippen LogP contribution in [0.4, 0.5) is 0 Å². The fourth-order valence-corrected chi connectivity index (χ4v) is 5.15. The summed E-state index contributed by atoms with van der Waals surface area (Å²) >= 11 is 0. The molecule has 9 nitrogen and oxygen atoms in total. The molecular weight excluding hydrogens is 458 g/mol. The molecule has 2 aliphatic carbocycles. The van der Waals surface area contributed by atoms with Gasteiger partial charge >= 0.3 is 5.97 Å². The van der Waals surface area contributed by atoms with Crippen LogP contribution in [0.3, 0.4) is 0 Å². The molecule has 2 aromatic heterocycles. The van der Waals surface area contributed by atoms with Gasteiger partial charge in [0, 0.05) is 49.0 Å². The van der Waals surface area contributed by atoms with E-state index in [0.29, 0.717) is 43.0 Å². The van der Waals surface area contributed by atoms with Crippen LogP contribution >= 0.6 is 0 Å². The number of benzene rings is 1. The molecule has 4 N–H and O–H groups in total. The van der Waals surface area contributed by atoms with Gasteiger partial charge in [0.2, 0.25) is 0 Å². The summed E-state index contributed by atoms with van der Waals surface area (Å²) in [5.74, 6) is 0.504.